The second-order valence-corrected chi connectivity index (χ2v) is 8.10. The van der Waals surface area contributed by atoms with Gasteiger partial charge in [0.1, 0.15) is 5.01 Å². The van der Waals surface area contributed by atoms with Crippen LogP contribution in [0.4, 0.5) is 11.7 Å². The van der Waals surface area contributed by atoms with Crippen molar-refractivity contribution in [2.24, 2.45) is 5.73 Å². The molecular formula is C22H20ClN5O2S. The van der Waals surface area contributed by atoms with Crippen molar-refractivity contribution in [2.45, 2.75) is 6.54 Å². The van der Waals surface area contributed by atoms with E-state index in [-0.39, 0.29) is 12.5 Å². The van der Waals surface area contributed by atoms with Crippen molar-refractivity contribution in [3.63, 3.8) is 0 Å². The average molecular weight is 454 g/mol. The number of carbonyl (C=O) groups excluding carboxylic acids is 1. The van der Waals surface area contributed by atoms with Crippen molar-refractivity contribution >= 4 is 40.5 Å². The van der Waals surface area contributed by atoms with E-state index in [9.17, 15) is 4.79 Å². The lowest BCUT2D eigenvalue weighted by Gasteiger charge is -2.17. The fourth-order valence-corrected chi connectivity index (χ4v) is 4.10. The summed E-state index contributed by atoms with van der Waals surface area (Å²) in [7, 11) is 1.72. The molecule has 3 N–H and O–H groups in total. The van der Waals surface area contributed by atoms with Gasteiger partial charge in [0.15, 0.2) is 5.76 Å². The van der Waals surface area contributed by atoms with Crippen molar-refractivity contribution in [3.8, 4) is 21.9 Å². The summed E-state index contributed by atoms with van der Waals surface area (Å²) in [4.78, 5) is 22.0. The van der Waals surface area contributed by atoms with Crippen LogP contribution in [-0.2, 0) is 11.3 Å². The first-order valence-electron chi connectivity index (χ1n) is 9.49. The first-order chi connectivity index (χ1) is 15.0. The molecule has 0 aliphatic rings. The van der Waals surface area contributed by atoms with Gasteiger partial charge in [-0.3, -0.25) is 4.79 Å². The number of hydrogen-bond acceptors (Lipinski definition) is 7. The van der Waals surface area contributed by atoms with Gasteiger partial charge in [0.05, 0.1) is 17.8 Å². The van der Waals surface area contributed by atoms with Gasteiger partial charge in [0.2, 0.25) is 5.91 Å². The first kappa shape index (κ1) is 21.0. The van der Waals surface area contributed by atoms with Crippen LogP contribution in [0.25, 0.3) is 21.9 Å². The molecule has 1 amide bonds. The van der Waals surface area contributed by atoms with E-state index < -0.39 is 0 Å². The molecule has 0 spiro atoms. The first-order valence-corrected chi connectivity index (χ1v) is 10.8. The van der Waals surface area contributed by atoms with E-state index in [1.165, 1.54) is 11.3 Å². The van der Waals surface area contributed by atoms with Gasteiger partial charge in [-0.25, -0.2) is 9.97 Å². The molecule has 4 rings (SSSR count). The van der Waals surface area contributed by atoms with Gasteiger partial charge in [-0.05, 0) is 23.8 Å². The summed E-state index contributed by atoms with van der Waals surface area (Å²) in [5.74, 6) is 0.463. The highest BCUT2D eigenvalue weighted by molar-refractivity contribution is 7.13. The van der Waals surface area contributed by atoms with E-state index in [0.29, 0.717) is 23.3 Å². The number of nitrogens with zero attached hydrogens (tertiary/aromatic N) is 3. The summed E-state index contributed by atoms with van der Waals surface area (Å²) >= 11 is 7.96. The fourth-order valence-electron chi connectivity index (χ4n) is 3.10. The van der Waals surface area contributed by atoms with Gasteiger partial charge in [-0.1, -0.05) is 35.9 Å². The third kappa shape index (κ3) is 4.77. The van der Waals surface area contributed by atoms with Gasteiger partial charge < -0.3 is 20.4 Å². The Kier molecular flexibility index (Phi) is 6.31. The van der Waals surface area contributed by atoms with E-state index in [2.05, 4.69) is 15.3 Å². The number of carbonyl (C=O) groups is 1. The smallest absolute Gasteiger partial charge is 0.299 e. The zero-order chi connectivity index (χ0) is 21.8. The quantitative estimate of drug-likeness (QED) is 0.418. The topological polar surface area (TPSA) is 97.3 Å². The number of halogens is 1. The number of oxazole rings is 1. The van der Waals surface area contributed by atoms with Gasteiger partial charge in [0.25, 0.3) is 6.01 Å². The number of hydrogen-bond donors (Lipinski definition) is 2. The normalized spacial score (nSPS) is 10.8. The molecule has 4 aromatic rings. The van der Waals surface area contributed by atoms with Crippen molar-refractivity contribution < 1.29 is 9.21 Å². The van der Waals surface area contributed by atoms with Crippen LogP contribution in [0.3, 0.4) is 0 Å². The molecule has 0 unspecified atom stereocenters. The minimum atomic E-state index is -0.132. The Morgan fingerprint density at radius 2 is 2.06 bits per heavy atom. The summed E-state index contributed by atoms with van der Waals surface area (Å²) in [5, 5.41) is 6.50. The van der Waals surface area contributed by atoms with E-state index in [0.717, 1.165) is 27.4 Å². The summed E-state index contributed by atoms with van der Waals surface area (Å²) < 4.78 is 5.92. The number of aromatic nitrogens is 2. The lowest BCUT2D eigenvalue weighted by atomic mass is 10.1. The number of thiazole rings is 1. The van der Waals surface area contributed by atoms with Crippen LogP contribution in [0.1, 0.15) is 5.56 Å². The number of anilines is 2. The van der Waals surface area contributed by atoms with Crippen LogP contribution < -0.4 is 11.1 Å². The molecule has 7 nitrogen and oxygen atoms in total. The third-order valence-corrected chi connectivity index (χ3v) is 5.80. The van der Waals surface area contributed by atoms with E-state index in [4.69, 9.17) is 21.8 Å². The number of nitrogens with two attached hydrogens (primary N) is 1. The molecule has 0 saturated carbocycles. The van der Waals surface area contributed by atoms with Crippen molar-refractivity contribution in [3.05, 3.63) is 70.8 Å². The highest BCUT2D eigenvalue weighted by Crippen LogP contribution is 2.33. The largest absolute Gasteiger partial charge is 0.423 e. The highest BCUT2D eigenvalue weighted by atomic mass is 35.5. The van der Waals surface area contributed by atoms with Crippen LogP contribution in [0.2, 0.25) is 5.02 Å². The molecule has 0 bridgehead atoms. The number of rotatable bonds is 7. The highest BCUT2D eigenvalue weighted by Gasteiger charge is 2.15. The summed E-state index contributed by atoms with van der Waals surface area (Å²) in [5.41, 5.74) is 8.88. The average Bonchev–Trinajstić information content (AvgIpc) is 3.46. The molecule has 158 valence electrons. The Labute approximate surface area is 188 Å². The number of benzene rings is 2. The van der Waals surface area contributed by atoms with E-state index in [1.54, 1.807) is 24.3 Å². The van der Waals surface area contributed by atoms with Crippen molar-refractivity contribution in [2.75, 3.05) is 18.9 Å². The Hall–Kier alpha value is -3.20. The summed E-state index contributed by atoms with van der Waals surface area (Å²) in [6.45, 7) is 0.391. The van der Waals surface area contributed by atoms with Crippen LogP contribution in [0.15, 0.2) is 64.7 Å². The van der Waals surface area contributed by atoms with Crippen LogP contribution >= 0.6 is 22.9 Å². The SMILES string of the molecule is CN(Cc1ccccc1-c1cnc(Nc2ccc(-c3nccs3)c(Cl)c2)o1)C(=O)CN. The molecular weight excluding hydrogens is 434 g/mol. The molecule has 0 aliphatic heterocycles. The lowest BCUT2D eigenvalue weighted by Crippen LogP contribution is -2.32. The molecule has 0 saturated heterocycles. The Balaban J connectivity index is 1.53. The fraction of sp³-hybridized carbons (Fsp3) is 0.136. The van der Waals surface area contributed by atoms with Crippen molar-refractivity contribution in [1.29, 1.82) is 0 Å². The molecule has 0 fully saturated rings. The van der Waals surface area contributed by atoms with Crippen LogP contribution in [-0.4, -0.2) is 34.4 Å². The number of likely N-dealkylation sites (N-methyl/N-ethyl adjacent to an activating group) is 1. The monoisotopic (exact) mass is 453 g/mol. The minimum absolute atomic E-state index is 0.0288. The number of nitrogens with one attached hydrogen (secondary N) is 1. The van der Waals surface area contributed by atoms with Gasteiger partial charge >= 0.3 is 0 Å². The Bertz CT molecular complexity index is 1190. The van der Waals surface area contributed by atoms with Crippen LogP contribution in [0, 0.1) is 0 Å². The van der Waals surface area contributed by atoms with Gasteiger partial charge in [-0.15, -0.1) is 11.3 Å². The van der Waals surface area contributed by atoms with Gasteiger partial charge in [0, 0.05) is 42.0 Å². The molecule has 0 atom stereocenters. The molecule has 2 aromatic carbocycles. The summed E-state index contributed by atoms with van der Waals surface area (Å²) in [6.07, 6.45) is 3.40. The lowest BCUT2D eigenvalue weighted by molar-refractivity contribution is -0.128. The Morgan fingerprint density at radius 1 is 1.23 bits per heavy atom. The maximum Gasteiger partial charge on any atom is 0.299 e. The second-order valence-electron chi connectivity index (χ2n) is 6.80. The molecule has 0 aliphatic carbocycles. The minimum Gasteiger partial charge on any atom is -0.423 e. The predicted molar refractivity (Wildman–Crippen MR) is 123 cm³/mol. The Morgan fingerprint density at radius 3 is 2.81 bits per heavy atom. The maximum absolute atomic E-state index is 11.8. The predicted octanol–water partition coefficient (Wildman–Crippen LogP) is 4.78. The summed E-state index contributed by atoms with van der Waals surface area (Å²) in [6, 6.07) is 13.7. The molecule has 0 radical (unpaired) electrons. The van der Waals surface area contributed by atoms with E-state index >= 15 is 0 Å². The number of amides is 1. The van der Waals surface area contributed by atoms with E-state index in [1.807, 2.05) is 47.8 Å². The molecule has 9 heteroatoms. The van der Waals surface area contributed by atoms with Gasteiger partial charge in [-0.2, -0.15) is 0 Å². The van der Waals surface area contributed by atoms with Crippen LogP contribution in [0.5, 0.6) is 0 Å². The molecule has 2 heterocycles. The second kappa shape index (κ2) is 9.30. The zero-order valence-electron chi connectivity index (χ0n) is 16.7. The molecule has 31 heavy (non-hydrogen) atoms. The van der Waals surface area contributed by atoms with Crippen molar-refractivity contribution in [1.82, 2.24) is 14.9 Å². The maximum atomic E-state index is 11.8. The third-order valence-electron chi connectivity index (χ3n) is 4.68. The standard InChI is InChI=1S/C22H20ClN5O2S/c1-28(20(29)11-24)13-14-4-2-3-5-16(14)19-12-26-22(30-19)27-15-6-7-17(18(23)10-15)21-25-8-9-31-21/h2-10,12H,11,13,24H2,1H3,(H,26,27). The zero-order valence-corrected chi connectivity index (χ0v) is 18.3. The molecule has 2 aromatic heterocycles.